The summed E-state index contributed by atoms with van der Waals surface area (Å²) < 4.78 is 0. The number of benzene rings is 1. The van der Waals surface area contributed by atoms with Gasteiger partial charge in [-0.05, 0) is 56.8 Å². The Morgan fingerprint density at radius 2 is 2.09 bits per heavy atom. The Hall–Kier alpha value is -1.39. The van der Waals surface area contributed by atoms with Crippen molar-refractivity contribution in [1.29, 1.82) is 0 Å². The van der Waals surface area contributed by atoms with Gasteiger partial charge in [-0.3, -0.25) is 9.69 Å². The second kappa shape index (κ2) is 8.46. The quantitative estimate of drug-likeness (QED) is 0.874. The van der Waals surface area contributed by atoms with Crippen LogP contribution in [0.4, 0.5) is 0 Å². The first-order valence-corrected chi connectivity index (χ1v) is 9.06. The SMILES string of the molecule is O=C(NCC1CCCNC1)C1CCCN(Cc2ccccc2)C1. The zero-order valence-electron chi connectivity index (χ0n) is 14.0. The van der Waals surface area contributed by atoms with Crippen LogP contribution in [-0.4, -0.2) is 43.5 Å². The maximum atomic E-state index is 12.5. The lowest BCUT2D eigenvalue weighted by atomic mass is 9.95. The van der Waals surface area contributed by atoms with Gasteiger partial charge in [0.1, 0.15) is 0 Å². The lowest BCUT2D eigenvalue weighted by molar-refractivity contribution is -0.127. The minimum atomic E-state index is 0.156. The smallest absolute Gasteiger partial charge is 0.224 e. The fourth-order valence-corrected chi connectivity index (χ4v) is 3.74. The Morgan fingerprint density at radius 1 is 1.22 bits per heavy atom. The van der Waals surface area contributed by atoms with Crippen molar-refractivity contribution < 1.29 is 4.79 Å². The third-order valence-electron chi connectivity index (χ3n) is 5.09. The van der Waals surface area contributed by atoms with Crippen molar-refractivity contribution in [2.75, 3.05) is 32.7 Å². The molecule has 0 bridgehead atoms. The number of piperidine rings is 2. The van der Waals surface area contributed by atoms with E-state index in [-0.39, 0.29) is 11.8 Å². The molecule has 2 fully saturated rings. The Bertz CT molecular complexity index is 485. The molecule has 2 aliphatic rings. The summed E-state index contributed by atoms with van der Waals surface area (Å²) in [5.41, 5.74) is 1.34. The molecule has 1 amide bonds. The number of nitrogens with zero attached hydrogens (tertiary/aromatic N) is 1. The van der Waals surface area contributed by atoms with Crippen LogP contribution in [-0.2, 0) is 11.3 Å². The van der Waals surface area contributed by atoms with Gasteiger partial charge in [-0.15, -0.1) is 0 Å². The van der Waals surface area contributed by atoms with Gasteiger partial charge < -0.3 is 10.6 Å². The van der Waals surface area contributed by atoms with E-state index in [0.29, 0.717) is 5.92 Å². The molecule has 4 nitrogen and oxygen atoms in total. The van der Waals surface area contributed by atoms with Crippen LogP contribution in [0.1, 0.15) is 31.2 Å². The third kappa shape index (κ3) is 5.05. The van der Waals surface area contributed by atoms with Gasteiger partial charge >= 0.3 is 0 Å². The van der Waals surface area contributed by atoms with Gasteiger partial charge in [-0.2, -0.15) is 0 Å². The van der Waals surface area contributed by atoms with E-state index < -0.39 is 0 Å². The van der Waals surface area contributed by atoms with E-state index in [9.17, 15) is 4.79 Å². The van der Waals surface area contributed by atoms with Gasteiger partial charge in [0.05, 0.1) is 5.92 Å². The normalized spacial score (nSPS) is 25.9. The van der Waals surface area contributed by atoms with Crippen LogP contribution in [0.5, 0.6) is 0 Å². The number of likely N-dealkylation sites (tertiary alicyclic amines) is 1. The molecule has 0 aliphatic carbocycles. The van der Waals surface area contributed by atoms with E-state index in [1.54, 1.807) is 0 Å². The standard InChI is InChI=1S/C19H29N3O/c23-19(21-13-17-8-4-10-20-12-17)18-9-5-11-22(15-18)14-16-6-2-1-3-7-16/h1-3,6-7,17-18,20H,4-5,8-15H2,(H,21,23). The van der Waals surface area contributed by atoms with E-state index in [4.69, 9.17) is 0 Å². The largest absolute Gasteiger partial charge is 0.355 e. The molecule has 4 heteroatoms. The van der Waals surface area contributed by atoms with Gasteiger partial charge in [-0.1, -0.05) is 30.3 Å². The highest BCUT2D eigenvalue weighted by molar-refractivity contribution is 5.78. The zero-order chi connectivity index (χ0) is 15.9. The fraction of sp³-hybridized carbons (Fsp3) is 0.632. The molecule has 126 valence electrons. The maximum Gasteiger partial charge on any atom is 0.224 e. The minimum absolute atomic E-state index is 0.156. The molecule has 0 saturated carbocycles. The molecule has 2 N–H and O–H groups in total. The van der Waals surface area contributed by atoms with Crippen LogP contribution in [0.3, 0.4) is 0 Å². The number of nitrogens with one attached hydrogen (secondary N) is 2. The van der Waals surface area contributed by atoms with E-state index in [1.807, 2.05) is 0 Å². The maximum absolute atomic E-state index is 12.5. The first-order chi connectivity index (χ1) is 11.3. The van der Waals surface area contributed by atoms with Crippen molar-refractivity contribution >= 4 is 5.91 Å². The Kier molecular flexibility index (Phi) is 6.06. The molecule has 0 radical (unpaired) electrons. The summed E-state index contributed by atoms with van der Waals surface area (Å²) in [6.07, 6.45) is 4.61. The molecule has 23 heavy (non-hydrogen) atoms. The fourth-order valence-electron chi connectivity index (χ4n) is 3.74. The van der Waals surface area contributed by atoms with Crippen LogP contribution in [0.2, 0.25) is 0 Å². The molecule has 1 aromatic carbocycles. The highest BCUT2D eigenvalue weighted by Gasteiger charge is 2.26. The number of hydrogen-bond acceptors (Lipinski definition) is 3. The predicted octanol–water partition coefficient (Wildman–Crippen LogP) is 2.01. The van der Waals surface area contributed by atoms with Gasteiger partial charge in [0.2, 0.25) is 5.91 Å². The van der Waals surface area contributed by atoms with Gasteiger partial charge in [0.15, 0.2) is 0 Å². The summed E-state index contributed by atoms with van der Waals surface area (Å²) in [6, 6.07) is 10.6. The first kappa shape index (κ1) is 16.5. The van der Waals surface area contributed by atoms with Crippen molar-refractivity contribution in [2.24, 2.45) is 11.8 Å². The number of rotatable bonds is 5. The number of carbonyl (C=O) groups is 1. The molecule has 2 aliphatic heterocycles. The highest BCUT2D eigenvalue weighted by atomic mass is 16.1. The number of amides is 1. The lowest BCUT2D eigenvalue weighted by Gasteiger charge is -2.32. The van der Waals surface area contributed by atoms with Crippen molar-refractivity contribution in [1.82, 2.24) is 15.5 Å². The topological polar surface area (TPSA) is 44.4 Å². The summed E-state index contributed by atoms with van der Waals surface area (Å²) in [6.45, 7) is 5.96. The molecule has 2 saturated heterocycles. The average Bonchev–Trinajstić information content (AvgIpc) is 2.62. The van der Waals surface area contributed by atoms with Crippen LogP contribution in [0, 0.1) is 11.8 Å². The molecule has 3 rings (SSSR count). The Morgan fingerprint density at radius 3 is 2.87 bits per heavy atom. The molecule has 2 unspecified atom stereocenters. The van der Waals surface area contributed by atoms with Gasteiger partial charge in [0.25, 0.3) is 0 Å². The van der Waals surface area contributed by atoms with Crippen molar-refractivity contribution in [2.45, 2.75) is 32.2 Å². The highest BCUT2D eigenvalue weighted by Crippen LogP contribution is 2.19. The summed E-state index contributed by atoms with van der Waals surface area (Å²) in [7, 11) is 0. The van der Waals surface area contributed by atoms with Crippen LogP contribution < -0.4 is 10.6 Å². The molecule has 0 aromatic heterocycles. The number of carbonyl (C=O) groups excluding carboxylic acids is 1. The zero-order valence-corrected chi connectivity index (χ0v) is 14.0. The third-order valence-corrected chi connectivity index (χ3v) is 5.09. The number of hydrogen-bond donors (Lipinski definition) is 2. The second-order valence-corrected chi connectivity index (χ2v) is 7.02. The Balaban J connectivity index is 1.44. The first-order valence-electron chi connectivity index (χ1n) is 9.06. The van der Waals surface area contributed by atoms with Crippen molar-refractivity contribution in [3.8, 4) is 0 Å². The molecular weight excluding hydrogens is 286 g/mol. The summed E-state index contributed by atoms with van der Waals surface area (Å²) in [4.78, 5) is 14.9. The molecule has 2 atom stereocenters. The summed E-state index contributed by atoms with van der Waals surface area (Å²) >= 11 is 0. The minimum Gasteiger partial charge on any atom is -0.355 e. The van der Waals surface area contributed by atoms with E-state index >= 15 is 0 Å². The van der Waals surface area contributed by atoms with Gasteiger partial charge in [0, 0.05) is 19.6 Å². The molecular formula is C19H29N3O. The Labute approximate surface area is 139 Å². The lowest BCUT2D eigenvalue weighted by Crippen LogP contribution is -2.45. The summed E-state index contributed by atoms with van der Waals surface area (Å²) in [5, 5.41) is 6.61. The summed E-state index contributed by atoms with van der Waals surface area (Å²) in [5.74, 6) is 1.02. The predicted molar refractivity (Wildman–Crippen MR) is 93.0 cm³/mol. The second-order valence-electron chi connectivity index (χ2n) is 7.02. The van der Waals surface area contributed by atoms with E-state index in [0.717, 1.165) is 52.1 Å². The monoisotopic (exact) mass is 315 g/mol. The van der Waals surface area contributed by atoms with E-state index in [2.05, 4.69) is 45.9 Å². The molecule has 2 heterocycles. The van der Waals surface area contributed by atoms with Crippen LogP contribution >= 0.6 is 0 Å². The van der Waals surface area contributed by atoms with Crippen LogP contribution in [0.25, 0.3) is 0 Å². The van der Waals surface area contributed by atoms with Crippen molar-refractivity contribution in [3.63, 3.8) is 0 Å². The molecule has 1 aromatic rings. The average molecular weight is 315 g/mol. The van der Waals surface area contributed by atoms with E-state index in [1.165, 1.54) is 18.4 Å². The van der Waals surface area contributed by atoms with Gasteiger partial charge in [-0.25, -0.2) is 0 Å². The van der Waals surface area contributed by atoms with Crippen molar-refractivity contribution in [3.05, 3.63) is 35.9 Å². The van der Waals surface area contributed by atoms with Crippen LogP contribution in [0.15, 0.2) is 30.3 Å². The molecule has 0 spiro atoms.